The van der Waals surface area contributed by atoms with Crippen molar-refractivity contribution in [1.29, 1.82) is 0 Å². The Morgan fingerprint density at radius 1 is 1.24 bits per heavy atom. The number of likely N-dealkylation sites (tertiary alicyclic amines) is 1. The molecule has 5 nitrogen and oxygen atoms in total. The van der Waals surface area contributed by atoms with E-state index in [9.17, 15) is 9.18 Å². The molecule has 0 spiro atoms. The first-order valence-electron chi connectivity index (χ1n) is 10.3. The molecule has 0 N–H and O–H groups in total. The molecule has 0 radical (unpaired) electrons. The number of rotatable bonds is 3. The second kappa shape index (κ2) is 7.75. The van der Waals surface area contributed by atoms with Crippen LogP contribution < -0.4 is 4.90 Å². The van der Waals surface area contributed by atoms with Crippen LogP contribution in [-0.4, -0.2) is 53.5 Å². The van der Waals surface area contributed by atoms with Crippen LogP contribution in [0.3, 0.4) is 0 Å². The number of hydrogen-bond donors (Lipinski definition) is 0. The lowest BCUT2D eigenvalue weighted by Crippen LogP contribution is -2.50. The van der Waals surface area contributed by atoms with Gasteiger partial charge in [0.1, 0.15) is 5.82 Å². The van der Waals surface area contributed by atoms with Gasteiger partial charge in [-0.15, -0.1) is 0 Å². The van der Waals surface area contributed by atoms with Gasteiger partial charge in [-0.3, -0.25) is 14.8 Å². The number of benzene rings is 1. The molecule has 2 aromatic rings. The van der Waals surface area contributed by atoms with Crippen molar-refractivity contribution < 1.29 is 9.18 Å². The SMILES string of the molecule is CN(Cc1cccc(F)c1)C1CCN(C(=O)N2CC(C)(C)c3ncccc32)CC1. The number of anilines is 1. The lowest BCUT2D eigenvalue weighted by molar-refractivity contribution is 0.133. The fraction of sp³-hybridized carbons (Fsp3) is 0.478. The quantitative estimate of drug-likeness (QED) is 0.786. The number of nitrogens with zero attached hydrogens (tertiary/aromatic N) is 4. The van der Waals surface area contributed by atoms with Gasteiger partial charge in [-0.1, -0.05) is 26.0 Å². The minimum Gasteiger partial charge on any atom is -0.324 e. The van der Waals surface area contributed by atoms with Gasteiger partial charge in [-0.25, -0.2) is 9.18 Å². The van der Waals surface area contributed by atoms with Crippen molar-refractivity contribution in [2.75, 3.05) is 31.6 Å². The predicted octanol–water partition coefficient (Wildman–Crippen LogP) is 4.03. The van der Waals surface area contributed by atoms with Crippen LogP contribution in [0.25, 0.3) is 0 Å². The Morgan fingerprint density at radius 2 is 2.00 bits per heavy atom. The number of fused-ring (bicyclic) bond motifs is 1. The van der Waals surface area contributed by atoms with Crippen molar-refractivity contribution >= 4 is 11.7 Å². The molecule has 2 amide bonds. The van der Waals surface area contributed by atoms with Crippen molar-refractivity contribution in [3.05, 3.63) is 59.7 Å². The van der Waals surface area contributed by atoms with Gasteiger partial charge in [0.15, 0.2) is 0 Å². The molecule has 29 heavy (non-hydrogen) atoms. The largest absolute Gasteiger partial charge is 0.324 e. The molecule has 3 heterocycles. The van der Waals surface area contributed by atoms with E-state index in [4.69, 9.17) is 0 Å². The first-order chi connectivity index (χ1) is 13.8. The summed E-state index contributed by atoms with van der Waals surface area (Å²) in [5.74, 6) is -0.195. The van der Waals surface area contributed by atoms with Gasteiger partial charge in [-0.2, -0.15) is 0 Å². The van der Waals surface area contributed by atoms with Crippen molar-refractivity contribution in [1.82, 2.24) is 14.8 Å². The maximum absolute atomic E-state index is 13.4. The van der Waals surface area contributed by atoms with E-state index in [1.165, 1.54) is 6.07 Å². The van der Waals surface area contributed by atoms with E-state index in [2.05, 4.69) is 30.8 Å². The molecule has 154 valence electrons. The molecular weight excluding hydrogens is 367 g/mol. The highest BCUT2D eigenvalue weighted by Gasteiger charge is 2.41. The normalized spacial score (nSPS) is 18.9. The van der Waals surface area contributed by atoms with Gasteiger partial charge in [0.25, 0.3) is 0 Å². The Balaban J connectivity index is 1.37. The van der Waals surface area contributed by atoms with Crippen molar-refractivity contribution in [3.8, 4) is 0 Å². The van der Waals surface area contributed by atoms with Crippen molar-refractivity contribution in [2.45, 2.75) is 44.7 Å². The van der Waals surface area contributed by atoms with Crippen LogP contribution in [0.1, 0.15) is 37.9 Å². The van der Waals surface area contributed by atoms with Gasteiger partial charge >= 0.3 is 6.03 Å². The lowest BCUT2D eigenvalue weighted by atomic mass is 9.91. The number of urea groups is 1. The fourth-order valence-corrected chi connectivity index (χ4v) is 4.58. The highest BCUT2D eigenvalue weighted by Crippen LogP contribution is 2.39. The van der Waals surface area contributed by atoms with Gasteiger partial charge in [0, 0.05) is 43.8 Å². The summed E-state index contributed by atoms with van der Waals surface area (Å²) in [6, 6.07) is 11.1. The first-order valence-corrected chi connectivity index (χ1v) is 10.3. The van der Waals surface area contributed by atoms with Crippen LogP contribution in [0.5, 0.6) is 0 Å². The number of amides is 2. The van der Waals surface area contributed by atoms with Crippen molar-refractivity contribution in [2.24, 2.45) is 0 Å². The van der Waals surface area contributed by atoms with Crippen LogP contribution in [-0.2, 0) is 12.0 Å². The second-order valence-corrected chi connectivity index (χ2v) is 8.89. The predicted molar refractivity (Wildman–Crippen MR) is 112 cm³/mol. The molecule has 0 aliphatic carbocycles. The second-order valence-electron chi connectivity index (χ2n) is 8.89. The molecule has 1 fully saturated rings. The summed E-state index contributed by atoms with van der Waals surface area (Å²) >= 11 is 0. The number of hydrogen-bond acceptors (Lipinski definition) is 3. The molecule has 0 atom stereocenters. The number of aromatic nitrogens is 1. The Labute approximate surface area is 172 Å². The number of carbonyl (C=O) groups is 1. The fourth-order valence-electron chi connectivity index (χ4n) is 4.58. The maximum atomic E-state index is 13.4. The molecule has 0 unspecified atom stereocenters. The zero-order chi connectivity index (χ0) is 20.6. The van der Waals surface area contributed by atoms with E-state index in [1.54, 1.807) is 18.3 Å². The highest BCUT2D eigenvalue weighted by molar-refractivity contribution is 5.94. The van der Waals surface area contributed by atoms with Gasteiger partial charge in [0.05, 0.1) is 11.4 Å². The molecule has 1 aromatic heterocycles. The molecule has 1 saturated heterocycles. The van der Waals surface area contributed by atoms with E-state index in [0.29, 0.717) is 12.6 Å². The van der Waals surface area contributed by atoms with Crippen LogP contribution in [0.4, 0.5) is 14.9 Å². The third kappa shape index (κ3) is 3.99. The van der Waals surface area contributed by atoms with Crippen LogP contribution in [0.15, 0.2) is 42.6 Å². The minimum absolute atomic E-state index is 0.0797. The lowest BCUT2D eigenvalue weighted by Gasteiger charge is -2.38. The summed E-state index contributed by atoms with van der Waals surface area (Å²) in [4.78, 5) is 23.9. The summed E-state index contributed by atoms with van der Waals surface area (Å²) in [6.07, 6.45) is 3.65. The smallest absolute Gasteiger partial charge is 0.324 e. The summed E-state index contributed by atoms with van der Waals surface area (Å²) in [5, 5.41) is 0. The molecule has 4 rings (SSSR count). The number of halogens is 1. The van der Waals surface area contributed by atoms with E-state index in [0.717, 1.165) is 49.4 Å². The standard InChI is InChI=1S/C23H29FN4O/c1-23(2)16-28(20-8-5-11-25-21(20)23)22(29)27-12-9-19(10-13-27)26(3)15-17-6-4-7-18(24)14-17/h4-8,11,14,19H,9-10,12-13,15-16H2,1-3H3. The van der Waals surface area contributed by atoms with E-state index in [1.807, 2.05) is 28.0 Å². The number of piperidine rings is 1. The maximum Gasteiger partial charge on any atom is 0.324 e. The molecule has 0 bridgehead atoms. The zero-order valence-corrected chi connectivity index (χ0v) is 17.4. The van der Waals surface area contributed by atoms with Crippen LogP contribution in [0, 0.1) is 5.82 Å². The number of carbonyl (C=O) groups excluding carboxylic acids is 1. The van der Waals surface area contributed by atoms with E-state index >= 15 is 0 Å². The molecule has 6 heteroatoms. The average molecular weight is 397 g/mol. The summed E-state index contributed by atoms with van der Waals surface area (Å²) in [5.41, 5.74) is 2.79. The Bertz CT molecular complexity index is 892. The van der Waals surface area contributed by atoms with Crippen molar-refractivity contribution in [3.63, 3.8) is 0 Å². The van der Waals surface area contributed by atoms with E-state index < -0.39 is 0 Å². The minimum atomic E-state index is -0.195. The van der Waals surface area contributed by atoms with Gasteiger partial charge in [-0.05, 0) is 49.7 Å². The number of pyridine rings is 1. The summed E-state index contributed by atoms with van der Waals surface area (Å²) in [6.45, 7) is 7.14. The van der Waals surface area contributed by atoms with Crippen LogP contribution in [0.2, 0.25) is 0 Å². The molecule has 2 aliphatic rings. The summed E-state index contributed by atoms with van der Waals surface area (Å²) in [7, 11) is 2.08. The van der Waals surface area contributed by atoms with Gasteiger partial charge < -0.3 is 4.90 Å². The Hall–Kier alpha value is -2.47. The topological polar surface area (TPSA) is 39.7 Å². The first kappa shape index (κ1) is 19.8. The molecule has 2 aliphatic heterocycles. The zero-order valence-electron chi connectivity index (χ0n) is 17.4. The third-order valence-electron chi connectivity index (χ3n) is 6.18. The Kier molecular flexibility index (Phi) is 5.30. The summed E-state index contributed by atoms with van der Waals surface area (Å²) < 4.78 is 13.4. The monoisotopic (exact) mass is 396 g/mol. The van der Waals surface area contributed by atoms with Crippen LogP contribution >= 0.6 is 0 Å². The Morgan fingerprint density at radius 3 is 2.72 bits per heavy atom. The van der Waals surface area contributed by atoms with Gasteiger partial charge in [0.2, 0.25) is 0 Å². The molecule has 0 saturated carbocycles. The molecular formula is C23H29FN4O. The molecule has 1 aromatic carbocycles. The average Bonchev–Trinajstić information content (AvgIpc) is 2.99. The highest BCUT2D eigenvalue weighted by atomic mass is 19.1. The van der Waals surface area contributed by atoms with E-state index in [-0.39, 0.29) is 17.3 Å². The third-order valence-corrected chi connectivity index (χ3v) is 6.18.